The van der Waals surface area contributed by atoms with E-state index in [-0.39, 0.29) is 18.1 Å². The monoisotopic (exact) mass is 246 g/mol. The van der Waals surface area contributed by atoms with E-state index in [9.17, 15) is 9.00 Å². The summed E-state index contributed by atoms with van der Waals surface area (Å²) in [6.45, 7) is 1.72. The number of nitriles is 1. The average Bonchev–Trinajstić information content (AvgIpc) is 2.70. The van der Waals surface area contributed by atoms with Crippen LogP contribution in [0.15, 0.2) is 28.1 Å². The number of ketones is 1. The quantitative estimate of drug-likeness (QED) is 0.767. The Hall–Kier alpha value is -1.80. The maximum atomic E-state index is 11.9. The highest BCUT2D eigenvalue weighted by molar-refractivity contribution is 7.99. The van der Waals surface area contributed by atoms with Gasteiger partial charge in [0.15, 0.2) is 5.78 Å². The fourth-order valence-electron chi connectivity index (χ4n) is 1.62. The van der Waals surface area contributed by atoms with Crippen LogP contribution in [-0.2, 0) is 10.8 Å². The molecule has 86 valence electrons. The number of aliphatic imine (C=N–C) groups is 1. The highest BCUT2D eigenvalue weighted by Crippen LogP contribution is 2.29. The summed E-state index contributed by atoms with van der Waals surface area (Å²) in [5.41, 5.74) is 2.46. The highest BCUT2D eigenvalue weighted by Gasteiger charge is 2.19. The minimum absolute atomic E-state index is 0.0813. The number of benzene rings is 1. The number of carbonyl (C=O) groups is 1. The molecule has 0 N–H and O–H groups in total. The van der Waals surface area contributed by atoms with Crippen molar-refractivity contribution >= 4 is 27.8 Å². The Balaban J connectivity index is 2.30. The van der Waals surface area contributed by atoms with E-state index in [4.69, 9.17) is 5.26 Å². The van der Waals surface area contributed by atoms with Crippen molar-refractivity contribution in [2.75, 3.05) is 0 Å². The van der Waals surface area contributed by atoms with Crippen LogP contribution in [0.25, 0.3) is 0 Å². The van der Waals surface area contributed by atoms with Crippen molar-refractivity contribution in [3.05, 3.63) is 23.8 Å². The lowest BCUT2D eigenvalue weighted by Gasteiger charge is -2.06. The number of hydrogen-bond acceptors (Lipinski definition) is 4. The van der Waals surface area contributed by atoms with Gasteiger partial charge in [-0.2, -0.15) is 5.26 Å². The Morgan fingerprint density at radius 3 is 3.06 bits per heavy atom. The van der Waals surface area contributed by atoms with Gasteiger partial charge >= 0.3 is 0 Å². The minimum atomic E-state index is -1.19. The molecular formula is C12H10N2O2S. The third-order valence-corrected chi connectivity index (χ3v) is 3.67. The van der Waals surface area contributed by atoms with Crippen LogP contribution in [0.1, 0.15) is 23.7 Å². The fraction of sp³-hybridized carbons (Fsp3) is 0.250. The van der Waals surface area contributed by atoms with Gasteiger partial charge < -0.3 is 0 Å². The molecule has 0 fully saturated rings. The first-order chi connectivity index (χ1) is 8.13. The smallest absolute Gasteiger partial charge is 0.166 e. The Morgan fingerprint density at radius 2 is 2.35 bits per heavy atom. The van der Waals surface area contributed by atoms with Crippen molar-refractivity contribution in [1.82, 2.24) is 0 Å². The summed E-state index contributed by atoms with van der Waals surface area (Å²) in [5, 5.41) is 8.56. The van der Waals surface area contributed by atoms with Gasteiger partial charge in [-0.3, -0.25) is 4.79 Å². The molecule has 1 aliphatic rings. The summed E-state index contributed by atoms with van der Waals surface area (Å²) < 4.78 is 11.4. The van der Waals surface area contributed by atoms with Crippen molar-refractivity contribution in [1.29, 1.82) is 5.26 Å². The van der Waals surface area contributed by atoms with Crippen LogP contribution in [0, 0.1) is 17.2 Å². The van der Waals surface area contributed by atoms with Crippen molar-refractivity contribution < 1.29 is 9.00 Å². The van der Waals surface area contributed by atoms with E-state index >= 15 is 0 Å². The molecule has 4 nitrogen and oxygen atoms in total. The lowest BCUT2D eigenvalue weighted by Crippen LogP contribution is -2.10. The van der Waals surface area contributed by atoms with Crippen LogP contribution in [0.4, 0.5) is 5.69 Å². The molecule has 0 radical (unpaired) electrons. The zero-order chi connectivity index (χ0) is 12.4. The number of fused-ring (bicyclic) bond motifs is 1. The van der Waals surface area contributed by atoms with Gasteiger partial charge in [-0.15, -0.1) is 0 Å². The Morgan fingerprint density at radius 1 is 1.59 bits per heavy atom. The number of Topliss-reactive ketones (excluding diaryl/α,β-unsaturated/α-hetero) is 1. The Kier molecular flexibility index (Phi) is 3.16. The van der Waals surface area contributed by atoms with Crippen LogP contribution in [-0.4, -0.2) is 15.5 Å². The number of carbonyl (C=O) groups excluding carboxylic acids is 1. The van der Waals surface area contributed by atoms with Gasteiger partial charge in [0, 0.05) is 17.9 Å². The van der Waals surface area contributed by atoms with Crippen LogP contribution < -0.4 is 0 Å². The van der Waals surface area contributed by atoms with E-state index in [1.54, 1.807) is 25.1 Å². The summed E-state index contributed by atoms with van der Waals surface area (Å²) in [4.78, 5) is 16.6. The van der Waals surface area contributed by atoms with Gasteiger partial charge in [-0.25, -0.2) is 9.20 Å². The van der Waals surface area contributed by atoms with Crippen molar-refractivity contribution in [2.24, 2.45) is 10.9 Å². The molecule has 2 atom stereocenters. The van der Waals surface area contributed by atoms with Crippen LogP contribution in [0.2, 0.25) is 0 Å². The van der Waals surface area contributed by atoms with Gasteiger partial charge in [0.1, 0.15) is 0 Å². The largest absolute Gasteiger partial charge is 0.294 e. The molecule has 1 heterocycles. The topological polar surface area (TPSA) is 70.3 Å². The second kappa shape index (κ2) is 4.60. The standard InChI is InChI=1S/C12H10N2O2S/c1-8(4-5-13)12(15)9-2-3-11-10(6-9)14-7-17(11)16/h2-3,6-8H,4H2,1H3. The average molecular weight is 246 g/mol. The molecule has 2 unspecified atom stereocenters. The Labute approximate surface area is 101 Å². The van der Waals surface area contributed by atoms with E-state index in [2.05, 4.69) is 4.99 Å². The Bertz CT molecular complexity index is 572. The second-order valence-electron chi connectivity index (χ2n) is 3.84. The van der Waals surface area contributed by atoms with Crippen LogP contribution in [0.5, 0.6) is 0 Å². The molecule has 0 bridgehead atoms. The lowest BCUT2D eigenvalue weighted by molar-refractivity contribution is 0.0932. The number of rotatable bonds is 3. The van der Waals surface area contributed by atoms with Crippen LogP contribution >= 0.6 is 0 Å². The summed E-state index contributed by atoms with van der Waals surface area (Å²) in [7, 11) is -1.19. The first kappa shape index (κ1) is 11.7. The van der Waals surface area contributed by atoms with E-state index < -0.39 is 10.8 Å². The molecule has 0 aromatic heterocycles. The van der Waals surface area contributed by atoms with Crippen molar-refractivity contribution in [2.45, 2.75) is 18.2 Å². The van der Waals surface area contributed by atoms with Gasteiger partial charge in [-0.05, 0) is 12.1 Å². The molecule has 17 heavy (non-hydrogen) atoms. The predicted molar refractivity (Wildman–Crippen MR) is 64.7 cm³/mol. The third kappa shape index (κ3) is 2.17. The van der Waals surface area contributed by atoms with Crippen molar-refractivity contribution in [3.8, 4) is 6.07 Å². The summed E-state index contributed by atoms with van der Waals surface area (Å²) in [5.74, 6) is -0.406. The third-order valence-electron chi connectivity index (χ3n) is 2.59. The lowest BCUT2D eigenvalue weighted by atomic mass is 9.97. The molecule has 0 saturated heterocycles. The molecule has 1 aromatic rings. The van der Waals surface area contributed by atoms with Crippen LogP contribution in [0.3, 0.4) is 0 Å². The second-order valence-corrected chi connectivity index (χ2v) is 5.09. The molecule has 0 spiro atoms. The van der Waals surface area contributed by atoms with Gasteiger partial charge in [0.2, 0.25) is 0 Å². The van der Waals surface area contributed by atoms with E-state index in [1.165, 1.54) is 5.55 Å². The zero-order valence-electron chi connectivity index (χ0n) is 9.21. The maximum Gasteiger partial charge on any atom is 0.166 e. The fourth-order valence-corrected chi connectivity index (χ4v) is 2.46. The van der Waals surface area contributed by atoms with Crippen molar-refractivity contribution in [3.63, 3.8) is 0 Å². The minimum Gasteiger partial charge on any atom is -0.294 e. The number of nitrogens with zero attached hydrogens (tertiary/aromatic N) is 2. The maximum absolute atomic E-state index is 11.9. The molecular weight excluding hydrogens is 236 g/mol. The SMILES string of the molecule is CC(CC#N)C(=O)c1ccc2c(c1)N=CS2=O. The summed E-state index contributed by atoms with van der Waals surface area (Å²) in [6, 6.07) is 6.91. The van der Waals surface area contributed by atoms with E-state index in [0.717, 1.165) is 0 Å². The predicted octanol–water partition coefficient (Wildman–Crippen LogP) is 2.20. The molecule has 5 heteroatoms. The first-order valence-corrected chi connectivity index (χ1v) is 6.34. The van der Waals surface area contributed by atoms with E-state index in [0.29, 0.717) is 16.1 Å². The summed E-state index contributed by atoms with van der Waals surface area (Å²) >= 11 is 0. The van der Waals surface area contributed by atoms with E-state index in [1.807, 2.05) is 6.07 Å². The molecule has 0 amide bonds. The van der Waals surface area contributed by atoms with Gasteiger partial charge in [-0.1, -0.05) is 13.0 Å². The molecule has 0 aliphatic carbocycles. The summed E-state index contributed by atoms with van der Waals surface area (Å²) in [6.07, 6.45) is 0.200. The molecule has 1 aromatic carbocycles. The molecule has 2 rings (SSSR count). The normalized spacial score (nSPS) is 18.5. The van der Waals surface area contributed by atoms with Gasteiger partial charge in [0.05, 0.1) is 33.0 Å². The van der Waals surface area contributed by atoms with Gasteiger partial charge in [0.25, 0.3) is 0 Å². The highest BCUT2D eigenvalue weighted by atomic mass is 32.2. The zero-order valence-corrected chi connectivity index (χ0v) is 10.0. The number of hydrogen-bond donors (Lipinski definition) is 0. The molecule has 1 aliphatic heterocycles. The first-order valence-electron chi connectivity index (χ1n) is 5.13. The molecule has 0 saturated carbocycles.